The molecule has 2 atom stereocenters. The number of benzene rings is 2. The highest BCUT2D eigenvalue weighted by Gasteiger charge is 2.41. The number of carbonyl (C=O) groups excluding carboxylic acids is 3. The second kappa shape index (κ2) is 25.7. The number of carboxylic acid groups (broad SMARTS) is 1. The lowest BCUT2D eigenvalue weighted by Crippen LogP contribution is -3.06. The molecule has 0 spiro atoms. The molecule has 0 saturated heterocycles. The standard InChI is InChI=1S/2C22H35NO4.C5H6O4/c2*1-21(2,3)20(24)27-16-26-18-11-9-17(10-12-18)19(15-23(4)5)22(25)13-7-6-8-14-22;1-9-5(8)3-2-4(6)7/h2*9-12,19,25H,6-8,13-16H2,1-5H3;2-3H,1H3,(H,6,7)/p+1/b;;3-2-. The smallest absolute Gasteiger partial charge is 0.330 e. The Balaban J connectivity index is 0.000000363. The van der Waals surface area contributed by atoms with Crippen molar-refractivity contribution in [2.24, 2.45) is 10.8 Å². The molecule has 0 aliphatic heterocycles. The third-order valence-electron chi connectivity index (χ3n) is 11.1. The van der Waals surface area contributed by atoms with Crippen molar-refractivity contribution >= 4 is 23.9 Å². The van der Waals surface area contributed by atoms with E-state index in [1.54, 1.807) is 0 Å². The summed E-state index contributed by atoms with van der Waals surface area (Å²) < 4.78 is 25.5. The van der Waals surface area contributed by atoms with Gasteiger partial charge in [0.05, 0.1) is 55.7 Å². The monoisotopic (exact) mass is 886 g/mol. The Hall–Kier alpha value is -4.50. The van der Waals surface area contributed by atoms with Crippen molar-refractivity contribution in [2.75, 3.05) is 62.0 Å². The van der Waals surface area contributed by atoms with Gasteiger partial charge in [0.2, 0.25) is 13.6 Å². The lowest BCUT2D eigenvalue weighted by molar-refractivity contribution is -0.860. The quantitative estimate of drug-likeness (QED) is 0.0640. The molecular weight excluding hydrogens is 809 g/mol. The molecule has 2 fully saturated rings. The van der Waals surface area contributed by atoms with E-state index in [1.807, 2.05) is 104 Å². The SMILES string of the molecule is CN(C)CC(c1ccc(OCOC(=O)C(C)(C)C)cc1)C1(O)CCCCC1.COC(=O)/C=C\C(=O)O.C[NH+](C)CC(c1ccc(OCOC(=O)C(C)(C)C)cc1)C1(O)CCCCC1. The largest absolute Gasteiger partial charge is 0.478 e. The summed E-state index contributed by atoms with van der Waals surface area (Å²) in [6.07, 6.45) is 11.8. The molecule has 4 N–H and O–H groups in total. The lowest BCUT2D eigenvalue weighted by atomic mass is 9.72. The molecule has 2 unspecified atom stereocenters. The first kappa shape index (κ1) is 54.6. The number of aliphatic carboxylic acids is 1. The molecule has 4 rings (SSSR count). The number of ether oxygens (including phenoxy) is 5. The molecule has 63 heavy (non-hydrogen) atoms. The minimum absolute atomic E-state index is 0.0700. The van der Waals surface area contributed by atoms with Gasteiger partial charge in [-0.05, 0) is 117 Å². The Morgan fingerprint density at radius 2 is 1.05 bits per heavy atom. The zero-order valence-electron chi connectivity index (χ0n) is 39.8. The molecule has 0 radical (unpaired) electrons. The maximum absolute atomic E-state index is 11.8. The van der Waals surface area contributed by atoms with Gasteiger partial charge in [0, 0.05) is 24.6 Å². The summed E-state index contributed by atoms with van der Waals surface area (Å²) in [5.41, 5.74) is -0.0912. The van der Waals surface area contributed by atoms with E-state index in [1.165, 1.54) is 24.9 Å². The molecule has 14 heteroatoms. The normalized spacial score (nSPS) is 16.9. The van der Waals surface area contributed by atoms with Crippen LogP contribution in [0.25, 0.3) is 0 Å². The fraction of sp³-hybridized carbons (Fsp3) is 0.633. The van der Waals surface area contributed by atoms with E-state index in [-0.39, 0.29) is 37.4 Å². The number of rotatable bonds is 16. The van der Waals surface area contributed by atoms with Crippen molar-refractivity contribution in [3.63, 3.8) is 0 Å². The molecule has 14 nitrogen and oxygen atoms in total. The summed E-state index contributed by atoms with van der Waals surface area (Å²) in [6.45, 7) is 12.4. The van der Waals surface area contributed by atoms with Gasteiger partial charge in [-0.3, -0.25) is 9.59 Å². The molecule has 0 bridgehead atoms. The van der Waals surface area contributed by atoms with Crippen molar-refractivity contribution in [1.29, 1.82) is 0 Å². The number of quaternary nitrogens is 1. The first-order valence-corrected chi connectivity index (χ1v) is 22.1. The third-order valence-corrected chi connectivity index (χ3v) is 11.1. The molecule has 2 saturated carbocycles. The number of nitrogens with zero attached hydrogens (tertiary/aromatic N) is 1. The number of carboxylic acids is 1. The van der Waals surface area contributed by atoms with E-state index in [2.05, 4.69) is 23.7 Å². The van der Waals surface area contributed by atoms with Crippen LogP contribution in [0.4, 0.5) is 0 Å². The van der Waals surface area contributed by atoms with Gasteiger partial charge in [-0.1, -0.05) is 62.8 Å². The van der Waals surface area contributed by atoms with Crippen molar-refractivity contribution < 1.29 is 63.1 Å². The summed E-state index contributed by atoms with van der Waals surface area (Å²) in [5, 5.41) is 30.5. The van der Waals surface area contributed by atoms with Crippen molar-refractivity contribution in [3.8, 4) is 11.5 Å². The summed E-state index contributed by atoms with van der Waals surface area (Å²) in [7, 11) is 9.51. The zero-order chi connectivity index (χ0) is 47.4. The lowest BCUT2D eigenvalue weighted by Gasteiger charge is -2.40. The number of hydrogen-bond donors (Lipinski definition) is 4. The van der Waals surface area contributed by atoms with Crippen molar-refractivity contribution in [2.45, 2.75) is 129 Å². The molecule has 354 valence electrons. The number of hydrogen-bond acceptors (Lipinski definition) is 12. The highest BCUT2D eigenvalue weighted by molar-refractivity contribution is 5.90. The minimum atomic E-state index is -1.17. The molecule has 2 aromatic rings. The maximum Gasteiger partial charge on any atom is 0.330 e. The summed E-state index contributed by atoms with van der Waals surface area (Å²) >= 11 is 0. The topological polar surface area (TPSA) is 183 Å². The van der Waals surface area contributed by atoms with E-state index in [9.17, 15) is 29.4 Å². The van der Waals surface area contributed by atoms with Gasteiger partial charge >= 0.3 is 23.9 Å². The number of carbonyl (C=O) groups is 4. The van der Waals surface area contributed by atoms with E-state index in [0.29, 0.717) is 17.6 Å². The van der Waals surface area contributed by atoms with Crippen LogP contribution in [0.2, 0.25) is 0 Å². The number of nitrogens with one attached hydrogen (secondary N) is 1. The molecule has 0 heterocycles. The Bertz CT molecular complexity index is 1600. The summed E-state index contributed by atoms with van der Waals surface area (Å²) in [6, 6.07) is 15.6. The fourth-order valence-electron chi connectivity index (χ4n) is 7.54. The van der Waals surface area contributed by atoms with Crippen LogP contribution in [0.15, 0.2) is 60.7 Å². The molecule has 0 aromatic heterocycles. The van der Waals surface area contributed by atoms with Gasteiger partial charge in [-0.2, -0.15) is 0 Å². The van der Waals surface area contributed by atoms with Crippen LogP contribution in [-0.2, 0) is 33.4 Å². The fourth-order valence-corrected chi connectivity index (χ4v) is 7.54. The van der Waals surface area contributed by atoms with E-state index in [4.69, 9.17) is 24.1 Å². The Morgan fingerprint density at radius 1 is 0.667 bits per heavy atom. The molecule has 0 amide bonds. The van der Waals surface area contributed by atoms with Gasteiger partial charge in [-0.25, -0.2) is 9.59 Å². The zero-order valence-corrected chi connectivity index (χ0v) is 39.8. The average Bonchev–Trinajstić information content (AvgIpc) is 3.21. The first-order chi connectivity index (χ1) is 29.4. The molecular formula is C49H77N2O12+. The second-order valence-electron chi connectivity index (χ2n) is 19.3. The van der Waals surface area contributed by atoms with Crippen LogP contribution >= 0.6 is 0 Å². The Kier molecular flexibility index (Phi) is 22.3. The second-order valence-corrected chi connectivity index (χ2v) is 19.3. The Morgan fingerprint density at radius 3 is 1.38 bits per heavy atom. The van der Waals surface area contributed by atoms with Crippen LogP contribution < -0.4 is 14.4 Å². The maximum atomic E-state index is 11.8. The minimum Gasteiger partial charge on any atom is -0.478 e. The van der Waals surface area contributed by atoms with E-state index >= 15 is 0 Å². The van der Waals surface area contributed by atoms with Crippen molar-refractivity contribution in [1.82, 2.24) is 4.90 Å². The van der Waals surface area contributed by atoms with Gasteiger partial charge in [-0.15, -0.1) is 0 Å². The average molecular weight is 886 g/mol. The van der Waals surface area contributed by atoms with Crippen molar-refractivity contribution in [3.05, 3.63) is 71.8 Å². The van der Waals surface area contributed by atoms with Crippen LogP contribution in [0.5, 0.6) is 11.5 Å². The number of methoxy groups -OCH3 is 1. The van der Waals surface area contributed by atoms with Crippen LogP contribution in [-0.4, -0.2) is 117 Å². The van der Waals surface area contributed by atoms with Gasteiger partial charge in [0.25, 0.3) is 0 Å². The van der Waals surface area contributed by atoms with Crippen LogP contribution in [0.1, 0.15) is 129 Å². The first-order valence-electron chi connectivity index (χ1n) is 22.1. The van der Waals surface area contributed by atoms with Gasteiger partial charge in [0.15, 0.2) is 0 Å². The van der Waals surface area contributed by atoms with E-state index < -0.39 is 34.0 Å². The van der Waals surface area contributed by atoms with Gasteiger partial charge < -0.3 is 48.8 Å². The highest BCUT2D eigenvalue weighted by Crippen LogP contribution is 2.41. The van der Waals surface area contributed by atoms with Gasteiger partial charge in [0.1, 0.15) is 11.5 Å². The predicted octanol–water partition coefficient (Wildman–Crippen LogP) is 6.29. The number of likely N-dealkylation sites (N-methyl/N-ethyl adjacent to an activating group) is 2. The van der Waals surface area contributed by atoms with Crippen LogP contribution in [0.3, 0.4) is 0 Å². The van der Waals surface area contributed by atoms with Crippen LogP contribution in [0, 0.1) is 10.8 Å². The number of aliphatic hydroxyl groups is 2. The highest BCUT2D eigenvalue weighted by atomic mass is 16.7. The summed E-state index contributed by atoms with van der Waals surface area (Å²) in [4.78, 5) is 46.9. The predicted molar refractivity (Wildman–Crippen MR) is 242 cm³/mol. The third kappa shape index (κ3) is 19.8. The Labute approximate surface area is 375 Å². The molecule has 2 aliphatic carbocycles. The molecule has 2 aliphatic rings. The number of esters is 3. The molecule has 2 aromatic carbocycles. The summed E-state index contributed by atoms with van der Waals surface area (Å²) in [5.74, 6) is -0.918. The van der Waals surface area contributed by atoms with E-state index in [0.717, 1.165) is 81.7 Å².